The highest BCUT2D eigenvalue weighted by atomic mass is 16.3. The maximum atomic E-state index is 13.3. The van der Waals surface area contributed by atoms with E-state index in [1.807, 2.05) is 11.1 Å². The Morgan fingerprint density at radius 2 is 1.38 bits per heavy atom. The van der Waals surface area contributed by atoms with Gasteiger partial charge in [0.25, 0.3) is 5.91 Å². The molecular weight excluding hydrogens is 426 g/mol. The number of fused-ring (bicyclic) bond motifs is 1. The lowest BCUT2D eigenvalue weighted by Gasteiger charge is -2.42. The number of piperazine rings is 1. The zero-order valence-corrected chi connectivity index (χ0v) is 20.9. The molecule has 2 aromatic rings. The van der Waals surface area contributed by atoms with Crippen LogP contribution in [0.4, 0.5) is 0 Å². The Morgan fingerprint density at radius 3 is 2.00 bits per heavy atom. The van der Waals surface area contributed by atoms with Gasteiger partial charge in [0.15, 0.2) is 5.78 Å². The molecule has 0 unspecified atom stereocenters. The van der Waals surface area contributed by atoms with Crippen LogP contribution in [0.15, 0.2) is 42.5 Å². The van der Waals surface area contributed by atoms with Crippen LogP contribution in [0.25, 0.3) is 0 Å². The van der Waals surface area contributed by atoms with Crippen LogP contribution in [-0.4, -0.2) is 66.0 Å². The summed E-state index contributed by atoms with van der Waals surface area (Å²) in [6, 6.07) is 13.1. The fourth-order valence-electron chi connectivity index (χ4n) is 5.10. The van der Waals surface area contributed by atoms with Gasteiger partial charge in [0, 0.05) is 49.4 Å². The summed E-state index contributed by atoms with van der Waals surface area (Å²) in [5, 5.41) is 11.0. The number of ketones is 1. The van der Waals surface area contributed by atoms with Crippen LogP contribution in [-0.2, 0) is 10.8 Å². The van der Waals surface area contributed by atoms with Gasteiger partial charge in [0.1, 0.15) is 0 Å². The van der Waals surface area contributed by atoms with E-state index in [1.54, 1.807) is 24.3 Å². The fourth-order valence-corrected chi connectivity index (χ4v) is 5.10. The Bertz CT molecular complexity index is 1050. The summed E-state index contributed by atoms with van der Waals surface area (Å²) in [6.45, 7) is 12.9. The van der Waals surface area contributed by atoms with Gasteiger partial charge in [-0.3, -0.25) is 19.9 Å². The number of carbonyl (C=O) groups excluding carboxylic acids is 2. The van der Waals surface area contributed by atoms with E-state index < -0.39 is 0 Å². The molecule has 1 aliphatic carbocycles. The molecule has 0 spiro atoms. The van der Waals surface area contributed by atoms with Crippen LogP contribution in [0.3, 0.4) is 0 Å². The summed E-state index contributed by atoms with van der Waals surface area (Å²) in [5.74, 6) is -0.193. The first-order chi connectivity index (χ1) is 16.1. The van der Waals surface area contributed by atoms with Crippen LogP contribution in [0.5, 0.6) is 0 Å². The van der Waals surface area contributed by atoms with Crippen molar-refractivity contribution in [3.8, 4) is 0 Å². The number of hydrogen-bond donors (Lipinski definition) is 2. The molecule has 34 heavy (non-hydrogen) atoms. The molecule has 6 nitrogen and oxygen atoms in total. The second kappa shape index (κ2) is 9.61. The number of nitrogens with zero attached hydrogens (tertiary/aromatic N) is 2. The highest BCUT2D eigenvalue weighted by Gasteiger charge is 2.37. The molecule has 0 aromatic heterocycles. The van der Waals surface area contributed by atoms with Crippen LogP contribution in [0.2, 0.25) is 0 Å². The molecule has 2 aliphatic rings. The van der Waals surface area contributed by atoms with Crippen molar-refractivity contribution in [2.45, 2.75) is 51.4 Å². The van der Waals surface area contributed by atoms with E-state index in [0.717, 1.165) is 25.9 Å². The smallest absolute Gasteiger partial charge is 0.265 e. The first-order valence-electron chi connectivity index (χ1n) is 12.3. The van der Waals surface area contributed by atoms with Crippen molar-refractivity contribution in [3.05, 3.63) is 70.3 Å². The highest BCUT2D eigenvalue weighted by Crippen LogP contribution is 2.46. The molecule has 0 bridgehead atoms. The number of amides is 1. The molecule has 2 aromatic carbocycles. The number of aliphatic hydroxyl groups is 1. The molecule has 1 heterocycles. The lowest BCUT2D eigenvalue weighted by atomic mass is 9.63. The third-order valence-electron chi connectivity index (χ3n) is 7.57. The topological polar surface area (TPSA) is 72.9 Å². The van der Waals surface area contributed by atoms with E-state index in [2.05, 4.69) is 50.2 Å². The molecule has 1 amide bonds. The molecule has 6 heteroatoms. The van der Waals surface area contributed by atoms with E-state index in [-0.39, 0.29) is 29.1 Å². The Hall–Kier alpha value is -2.54. The highest BCUT2D eigenvalue weighted by molar-refractivity contribution is 6.09. The summed E-state index contributed by atoms with van der Waals surface area (Å²) in [7, 11) is 0. The largest absolute Gasteiger partial charge is 0.395 e. The van der Waals surface area contributed by atoms with Crippen molar-refractivity contribution in [1.82, 2.24) is 15.3 Å². The average molecular weight is 464 g/mol. The third kappa shape index (κ3) is 5.09. The Balaban J connectivity index is 1.44. The summed E-state index contributed by atoms with van der Waals surface area (Å²) in [4.78, 5) is 28.1. The van der Waals surface area contributed by atoms with Crippen molar-refractivity contribution < 1.29 is 14.7 Å². The maximum absolute atomic E-state index is 13.3. The van der Waals surface area contributed by atoms with Crippen LogP contribution in [0.1, 0.15) is 77.9 Å². The monoisotopic (exact) mass is 463 g/mol. The fraction of sp³-hybridized carbons (Fsp3) is 0.500. The van der Waals surface area contributed by atoms with Crippen LogP contribution < -0.4 is 5.43 Å². The minimum atomic E-state index is -0.174. The normalized spacial score (nSPS) is 19.9. The first kappa shape index (κ1) is 24.6. The number of nitrogens with one attached hydrogen (secondary N) is 1. The zero-order valence-electron chi connectivity index (χ0n) is 20.9. The van der Waals surface area contributed by atoms with Gasteiger partial charge in [-0.05, 0) is 53.0 Å². The van der Waals surface area contributed by atoms with E-state index >= 15 is 0 Å². The predicted molar refractivity (Wildman–Crippen MR) is 134 cm³/mol. The number of carbonyl (C=O) groups is 2. The van der Waals surface area contributed by atoms with E-state index in [0.29, 0.717) is 36.3 Å². The minimum Gasteiger partial charge on any atom is -0.395 e. The van der Waals surface area contributed by atoms with Crippen molar-refractivity contribution in [3.63, 3.8) is 0 Å². The van der Waals surface area contributed by atoms with E-state index in [9.17, 15) is 9.59 Å². The number of β-amino-alcohol motifs (C(OH)–C–C–N with tert-alkyl or cyclic N) is 1. The molecule has 4 rings (SSSR count). The van der Waals surface area contributed by atoms with Gasteiger partial charge >= 0.3 is 0 Å². The SMILES string of the molecule is CC1(C)CCC(C)(C)c2cc(C(=O)c3ccc(C(=O)NN4CCN(CCO)CC4)cc3)ccc21. The summed E-state index contributed by atoms with van der Waals surface area (Å²) in [5.41, 5.74) is 7.53. The van der Waals surface area contributed by atoms with Crippen molar-refractivity contribution in [2.75, 3.05) is 39.3 Å². The van der Waals surface area contributed by atoms with Gasteiger partial charge in [-0.15, -0.1) is 0 Å². The number of rotatable bonds is 6. The van der Waals surface area contributed by atoms with Gasteiger partial charge in [-0.2, -0.15) is 0 Å². The van der Waals surface area contributed by atoms with Gasteiger partial charge in [-0.1, -0.05) is 52.0 Å². The molecule has 1 saturated heterocycles. The number of hydrazine groups is 1. The molecule has 182 valence electrons. The second-order valence-electron chi connectivity index (χ2n) is 10.9. The van der Waals surface area contributed by atoms with E-state index in [4.69, 9.17) is 5.11 Å². The van der Waals surface area contributed by atoms with Crippen molar-refractivity contribution >= 4 is 11.7 Å². The summed E-state index contributed by atoms with van der Waals surface area (Å²) >= 11 is 0. The molecule has 2 N–H and O–H groups in total. The second-order valence-corrected chi connectivity index (χ2v) is 10.9. The lowest BCUT2D eigenvalue weighted by molar-refractivity contribution is 0.0581. The quantitative estimate of drug-likeness (QED) is 0.642. The lowest BCUT2D eigenvalue weighted by Crippen LogP contribution is -2.53. The first-order valence-corrected chi connectivity index (χ1v) is 12.3. The van der Waals surface area contributed by atoms with Crippen LogP contribution in [0, 0.1) is 0 Å². The third-order valence-corrected chi connectivity index (χ3v) is 7.57. The van der Waals surface area contributed by atoms with Crippen molar-refractivity contribution in [1.29, 1.82) is 0 Å². The Labute approximate surface area is 202 Å². The molecular formula is C28H37N3O3. The predicted octanol–water partition coefficient (Wildman–Crippen LogP) is 3.52. The molecule has 0 atom stereocenters. The van der Waals surface area contributed by atoms with Gasteiger partial charge < -0.3 is 5.11 Å². The number of hydrogen-bond acceptors (Lipinski definition) is 5. The van der Waals surface area contributed by atoms with Gasteiger partial charge in [-0.25, -0.2) is 5.01 Å². The number of aliphatic hydroxyl groups excluding tert-OH is 1. The van der Waals surface area contributed by atoms with Gasteiger partial charge in [0.05, 0.1) is 6.61 Å². The molecule has 0 radical (unpaired) electrons. The summed E-state index contributed by atoms with van der Waals surface area (Å²) < 4.78 is 0. The van der Waals surface area contributed by atoms with Gasteiger partial charge in [0.2, 0.25) is 0 Å². The zero-order chi connectivity index (χ0) is 24.5. The maximum Gasteiger partial charge on any atom is 0.265 e. The number of benzene rings is 2. The minimum absolute atomic E-state index is 0.0195. The molecule has 1 aliphatic heterocycles. The van der Waals surface area contributed by atoms with Crippen molar-refractivity contribution in [2.24, 2.45) is 0 Å². The summed E-state index contributed by atoms with van der Waals surface area (Å²) in [6.07, 6.45) is 2.24. The average Bonchev–Trinajstić information content (AvgIpc) is 2.83. The van der Waals surface area contributed by atoms with E-state index in [1.165, 1.54) is 11.1 Å². The Morgan fingerprint density at radius 1 is 0.824 bits per heavy atom. The molecule has 0 saturated carbocycles. The molecule has 1 fully saturated rings. The Kier molecular flexibility index (Phi) is 6.94. The van der Waals surface area contributed by atoms with Crippen LogP contribution >= 0.6 is 0 Å². The standard InChI is InChI=1S/C28H37N3O3/c1-27(2)11-12-28(3,4)24-19-22(9-10-23(24)27)25(33)20-5-7-21(8-6-20)26(34)29-31-15-13-30(14-16-31)17-18-32/h5-10,19,32H,11-18H2,1-4H3,(H,29,34).